The summed E-state index contributed by atoms with van der Waals surface area (Å²) in [4.78, 5) is 1.73. The van der Waals surface area contributed by atoms with Crippen LogP contribution in [0.5, 0.6) is 11.5 Å². The molecule has 12 heteroatoms. The van der Waals surface area contributed by atoms with Crippen LogP contribution in [-0.2, 0) is 9.47 Å². The Bertz CT molecular complexity index is 1070. The molecule has 0 bridgehead atoms. The number of nitrogens with zero attached hydrogens (tertiary/aromatic N) is 2. The Kier molecular flexibility index (Phi) is 13.8. The quantitative estimate of drug-likeness (QED) is 0.152. The van der Waals surface area contributed by atoms with Gasteiger partial charge in [-0.05, 0) is 12.1 Å². The molecule has 3 heterocycles. The van der Waals surface area contributed by atoms with Gasteiger partial charge in [-0.15, -0.1) is 0 Å². The first kappa shape index (κ1) is 32.0. The van der Waals surface area contributed by atoms with Crippen LogP contribution in [0.15, 0.2) is 56.0 Å². The third-order valence-electron chi connectivity index (χ3n) is 5.69. The summed E-state index contributed by atoms with van der Waals surface area (Å²) in [7, 11) is 0. The standard InChI is InChI=1S/C28H32N2O4S6/c1-19-11-35-15-22(16-36-12-19)31-5-7-33-24-3-4-25(27-26(24)39-28(40-27)21(9-29)10-30)34-8-6-32-23-17-37-13-20(2)14-38-18-23/h3-4,22-23H,1-2,5-8,11-18H2. The first-order valence-electron chi connectivity index (χ1n) is 12.8. The second-order valence-electron chi connectivity index (χ2n) is 9.05. The SMILES string of the molecule is C=C1CSCC(OCCOc2ccc(OCCOC3CSCC(=C)CSC3)c3c2SC(=C(C#N)C#N)S3)CSC1. The number of ether oxygens (including phenoxy) is 4. The number of hydrogen-bond acceptors (Lipinski definition) is 12. The van der Waals surface area contributed by atoms with E-state index in [9.17, 15) is 10.5 Å². The number of thioether (sulfide) groups is 6. The van der Waals surface area contributed by atoms with Crippen LogP contribution in [-0.4, -0.2) is 84.7 Å². The van der Waals surface area contributed by atoms with E-state index in [0.29, 0.717) is 42.2 Å². The highest BCUT2D eigenvalue weighted by Gasteiger charge is 2.29. The molecule has 0 saturated carbocycles. The predicted octanol–water partition coefficient (Wildman–Crippen LogP) is 6.74. The molecule has 0 atom stereocenters. The molecular weight excluding hydrogens is 621 g/mol. The maximum absolute atomic E-state index is 9.43. The molecule has 0 amide bonds. The van der Waals surface area contributed by atoms with Crippen molar-refractivity contribution in [3.8, 4) is 23.6 Å². The number of allylic oxidation sites excluding steroid dienone is 1. The fourth-order valence-corrected chi connectivity index (χ4v) is 10.8. The summed E-state index contributed by atoms with van der Waals surface area (Å²) in [5.41, 5.74) is 2.66. The molecule has 0 aromatic heterocycles. The van der Waals surface area contributed by atoms with E-state index in [-0.39, 0.29) is 17.8 Å². The molecule has 6 nitrogen and oxygen atoms in total. The van der Waals surface area contributed by atoms with Gasteiger partial charge in [-0.1, -0.05) is 47.8 Å². The summed E-state index contributed by atoms with van der Waals surface area (Å²) >= 11 is 10.3. The van der Waals surface area contributed by atoms with Crippen molar-refractivity contribution in [3.05, 3.63) is 46.2 Å². The molecule has 2 fully saturated rings. The second-order valence-corrected chi connectivity index (χ2v) is 15.5. The Morgan fingerprint density at radius 2 is 1.10 bits per heavy atom. The van der Waals surface area contributed by atoms with Gasteiger partial charge in [-0.2, -0.15) is 57.6 Å². The highest BCUT2D eigenvalue weighted by molar-refractivity contribution is 8.24. The van der Waals surface area contributed by atoms with Gasteiger partial charge in [0.05, 0.1) is 39.4 Å². The maximum atomic E-state index is 9.43. The number of nitriles is 2. The van der Waals surface area contributed by atoms with E-state index in [4.69, 9.17) is 18.9 Å². The number of fused-ring (bicyclic) bond motifs is 1. The average Bonchev–Trinajstić information content (AvgIpc) is 3.37. The number of rotatable bonds is 10. The lowest BCUT2D eigenvalue weighted by atomic mass is 10.3. The van der Waals surface area contributed by atoms with Crippen LogP contribution in [0.25, 0.3) is 0 Å². The highest BCUT2D eigenvalue weighted by atomic mass is 32.2. The maximum Gasteiger partial charge on any atom is 0.150 e. The summed E-state index contributed by atoms with van der Waals surface area (Å²) < 4.78 is 25.1. The Morgan fingerprint density at radius 1 is 0.700 bits per heavy atom. The summed E-state index contributed by atoms with van der Waals surface area (Å²) in [6.45, 7) is 10.0. The van der Waals surface area contributed by atoms with Crippen molar-refractivity contribution in [3.63, 3.8) is 0 Å². The number of benzene rings is 1. The van der Waals surface area contributed by atoms with Crippen molar-refractivity contribution in [1.82, 2.24) is 0 Å². The Hall–Kier alpha value is -0.960. The molecule has 3 aliphatic rings. The van der Waals surface area contributed by atoms with Crippen molar-refractivity contribution >= 4 is 70.6 Å². The predicted molar refractivity (Wildman–Crippen MR) is 174 cm³/mol. The molecule has 40 heavy (non-hydrogen) atoms. The van der Waals surface area contributed by atoms with Crippen LogP contribution in [0.3, 0.4) is 0 Å². The Labute approximate surface area is 262 Å². The molecule has 3 aliphatic heterocycles. The van der Waals surface area contributed by atoms with E-state index in [1.807, 2.05) is 71.3 Å². The van der Waals surface area contributed by atoms with Crippen LogP contribution >= 0.6 is 70.6 Å². The minimum Gasteiger partial charge on any atom is -0.490 e. The average molecular weight is 653 g/mol. The van der Waals surface area contributed by atoms with Crippen LogP contribution in [0.2, 0.25) is 0 Å². The summed E-state index contributed by atoms with van der Waals surface area (Å²) in [6.07, 6.45) is 0.394. The van der Waals surface area contributed by atoms with Gasteiger partial charge in [0.25, 0.3) is 0 Å². The van der Waals surface area contributed by atoms with E-state index in [0.717, 1.165) is 55.8 Å². The van der Waals surface area contributed by atoms with Crippen molar-refractivity contribution in [1.29, 1.82) is 10.5 Å². The third kappa shape index (κ3) is 9.81. The molecule has 1 aromatic carbocycles. The smallest absolute Gasteiger partial charge is 0.150 e. The lowest BCUT2D eigenvalue weighted by Gasteiger charge is -2.21. The fourth-order valence-electron chi connectivity index (χ4n) is 3.82. The first-order chi connectivity index (χ1) is 19.6. The topological polar surface area (TPSA) is 84.5 Å². The van der Waals surface area contributed by atoms with Crippen LogP contribution in [0, 0.1) is 22.7 Å². The molecule has 0 radical (unpaired) electrons. The van der Waals surface area contributed by atoms with Crippen LogP contribution in [0.1, 0.15) is 0 Å². The van der Waals surface area contributed by atoms with Gasteiger partial charge >= 0.3 is 0 Å². The van der Waals surface area contributed by atoms with Gasteiger partial charge in [-0.25, -0.2) is 0 Å². The molecule has 4 rings (SSSR count). The largest absolute Gasteiger partial charge is 0.490 e. The third-order valence-corrected chi connectivity index (χ3v) is 13.2. The zero-order valence-corrected chi connectivity index (χ0v) is 27.1. The Morgan fingerprint density at radius 3 is 1.48 bits per heavy atom. The van der Waals surface area contributed by atoms with Crippen LogP contribution < -0.4 is 9.47 Å². The lowest BCUT2D eigenvalue weighted by Crippen LogP contribution is -2.24. The monoisotopic (exact) mass is 652 g/mol. The van der Waals surface area contributed by atoms with Gasteiger partial charge in [0, 0.05) is 46.0 Å². The van der Waals surface area contributed by atoms with Crippen LogP contribution in [0.4, 0.5) is 0 Å². The second kappa shape index (κ2) is 17.2. The van der Waals surface area contributed by atoms with E-state index >= 15 is 0 Å². The molecule has 0 aliphatic carbocycles. The molecule has 0 N–H and O–H groups in total. The van der Waals surface area contributed by atoms with Gasteiger partial charge in [0.2, 0.25) is 0 Å². The van der Waals surface area contributed by atoms with Gasteiger partial charge in [0.15, 0.2) is 0 Å². The first-order valence-corrected chi connectivity index (χ1v) is 19.0. The molecule has 2 saturated heterocycles. The zero-order valence-electron chi connectivity index (χ0n) is 22.2. The molecule has 0 unspecified atom stereocenters. The van der Waals surface area contributed by atoms with E-state index in [2.05, 4.69) is 13.2 Å². The van der Waals surface area contributed by atoms with Gasteiger partial charge < -0.3 is 18.9 Å². The summed E-state index contributed by atoms with van der Waals surface area (Å²) in [5, 5.41) is 18.9. The lowest BCUT2D eigenvalue weighted by molar-refractivity contribution is 0.0583. The summed E-state index contributed by atoms with van der Waals surface area (Å²) in [5.74, 6) is 9.18. The highest BCUT2D eigenvalue weighted by Crippen LogP contribution is 2.58. The van der Waals surface area contributed by atoms with E-state index in [1.54, 1.807) is 0 Å². The molecule has 0 spiro atoms. The summed E-state index contributed by atoms with van der Waals surface area (Å²) in [6, 6.07) is 7.80. The zero-order chi connectivity index (χ0) is 28.2. The normalized spacial score (nSPS) is 19.0. The number of hydrogen-bond donors (Lipinski definition) is 0. The minimum absolute atomic E-state index is 0.0960. The van der Waals surface area contributed by atoms with Gasteiger partial charge in [-0.3, -0.25) is 0 Å². The molecular formula is C28H32N2O4S6. The van der Waals surface area contributed by atoms with Crippen molar-refractivity contribution in [2.45, 2.75) is 22.0 Å². The van der Waals surface area contributed by atoms with Crippen molar-refractivity contribution in [2.75, 3.05) is 72.5 Å². The van der Waals surface area contributed by atoms with Gasteiger partial charge in [0.1, 0.15) is 42.4 Å². The molecule has 1 aromatic rings. The van der Waals surface area contributed by atoms with Crippen molar-refractivity contribution < 1.29 is 18.9 Å². The van der Waals surface area contributed by atoms with Crippen molar-refractivity contribution in [2.24, 2.45) is 0 Å². The minimum atomic E-state index is 0.0960. The van der Waals surface area contributed by atoms with E-state index < -0.39 is 0 Å². The van der Waals surface area contributed by atoms with E-state index in [1.165, 1.54) is 34.7 Å². The Balaban J connectivity index is 1.32. The fraction of sp³-hybridized carbons (Fsp3) is 0.500. The molecule has 214 valence electrons.